The number of fused-ring (bicyclic) bond motifs is 1. The van der Waals surface area contributed by atoms with Crippen LogP contribution in [0.1, 0.15) is 24.5 Å². The van der Waals surface area contributed by atoms with Crippen LogP contribution >= 0.6 is 0 Å². The fraction of sp³-hybridized carbons (Fsp3) is 0.455. The molecule has 0 saturated heterocycles. The van der Waals surface area contributed by atoms with Crippen LogP contribution in [-0.2, 0) is 10.8 Å². The first kappa shape index (κ1) is 18.6. The summed E-state index contributed by atoms with van der Waals surface area (Å²) in [5.41, 5.74) is 7.66. The van der Waals surface area contributed by atoms with Gasteiger partial charge in [-0.2, -0.15) is 0 Å². The van der Waals surface area contributed by atoms with E-state index in [0.717, 1.165) is 19.4 Å². The highest BCUT2D eigenvalue weighted by Crippen LogP contribution is 2.44. The van der Waals surface area contributed by atoms with Crippen LogP contribution in [0.5, 0.6) is 0 Å². The minimum atomic E-state index is -1.50. The van der Waals surface area contributed by atoms with E-state index in [1.165, 1.54) is 17.2 Å². The second kappa shape index (κ2) is 6.86. The summed E-state index contributed by atoms with van der Waals surface area (Å²) in [6, 6.07) is 10.2. The number of allylic oxidation sites excluding steroid dienone is 6. The summed E-state index contributed by atoms with van der Waals surface area (Å²) in [5.74, 6) is 0. The Hall–Kier alpha value is -1.17. The van der Waals surface area contributed by atoms with Crippen LogP contribution in [-0.4, -0.2) is 23.0 Å². The summed E-state index contributed by atoms with van der Waals surface area (Å²) >= 11 is 0. The lowest BCUT2D eigenvalue weighted by Crippen LogP contribution is -2.34. The third kappa shape index (κ3) is 3.99. The molecule has 0 spiro atoms. The normalized spacial score (nSPS) is 17.7. The van der Waals surface area contributed by atoms with E-state index in [4.69, 9.17) is 4.43 Å². The van der Waals surface area contributed by atoms with Crippen LogP contribution in [0.4, 0.5) is 0 Å². The quantitative estimate of drug-likeness (QED) is 0.530. The maximum absolute atomic E-state index is 6.18. The summed E-state index contributed by atoms with van der Waals surface area (Å²) in [6.45, 7) is 15.1. The zero-order valence-corrected chi connectivity index (χ0v) is 18.7. The van der Waals surface area contributed by atoms with Crippen LogP contribution < -0.4 is 0 Å². The third-order valence-electron chi connectivity index (χ3n) is 5.39. The predicted molar refractivity (Wildman–Crippen MR) is 115 cm³/mol. The van der Waals surface area contributed by atoms with Gasteiger partial charge in [0.05, 0.1) is 8.07 Å². The molecule has 0 N–H and O–H groups in total. The lowest BCUT2D eigenvalue weighted by Gasteiger charge is -2.28. The maximum atomic E-state index is 6.18. The van der Waals surface area contributed by atoms with Crippen molar-refractivity contribution >= 4 is 22.0 Å². The SMILES string of the molecule is CC1=C(C2=C([Si](C)(C)CCO[Si](C)(C)C)C=CC2)c2ccccc2C1. The molecule has 0 bridgehead atoms. The van der Waals surface area contributed by atoms with E-state index in [9.17, 15) is 0 Å². The van der Waals surface area contributed by atoms with Gasteiger partial charge in [0, 0.05) is 6.61 Å². The number of hydrogen-bond acceptors (Lipinski definition) is 1. The molecular formula is C22H32OSi2. The highest BCUT2D eigenvalue weighted by molar-refractivity contribution is 6.85. The minimum absolute atomic E-state index is 0.925. The Morgan fingerprint density at radius 1 is 1.04 bits per heavy atom. The molecule has 0 amide bonds. The van der Waals surface area contributed by atoms with Crippen LogP contribution in [0, 0.1) is 0 Å². The molecule has 25 heavy (non-hydrogen) atoms. The van der Waals surface area contributed by atoms with Crippen molar-refractivity contribution in [1.82, 2.24) is 0 Å². The first-order valence-electron chi connectivity index (χ1n) is 9.51. The molecule has 0 heterocycles. The van der Waals surface area contributed by atoms with Crippen molar-refractivity contribution in [3.63, 3.8) is 0 Å². The lowest BCUT2D eigenvalue weighted by molar-refractivity contribution is 0.332. The summed E-state index contributed by atoms with van der Waals surface area (Å²) in [5, 5.41) is 1.65. The first-order chi connectivity index (χ1) is 11.7. The maximum Gasteiger partial charge on any atom is 0.183 e. The number of rotatable bonds is 6. The van der Waals surface area contributed by atoms with Crippen molar-refractivity contribution < 1.29 is 4.43 Å². The van der Waals surface area contributed by atoms with Crippen LogP contribution in [0.2, 0.25) is 38.8 Å². The average Bonchev–Trinajstić information content (AvgIpc) is 3.08. The molecule has 1 aromatic rings. The fourth-order valence-electron chi connectivity index (χ4n) is 4.07. The Kier molecular flexibility index (Phi) is 5.11. The average molecular weight is 369 g/mol. The van der Waals surface area contributed by atoms with Crippen molar-refractivity contribution in [2.75, 3.05) is 6.61 Å². The highest BCUT2D eigenvalue weighted by Gasteiger charge is 2.32. The smallest absolute Gasteiger partial charge is 0.183 e. The van der Waals surface area contributed by atoms with E-state index >= 15 is 0 Å². The molecule has 3 rings (SSSR count). The molecule has 0 atom stereocenters. The fourth-order valence-corrected chi connectivity index (χ4v) is 7.48. The van der Waals surface area contributed by atoms with Crippen LogP contribution in [0.25, 0.3) is 5.57 Å². The molecular weight excluding hydrogens is 336 g/mol. The predicted octanol–water partition coefficient (Wildman–Crippen LogP) is 6.37. The lowest BCUT2D eigenvalue weighted by atomic mass is 9.97. The van der Waals surface area contributed by atoms with Gasteiger partial charge in [-0.25, -0.2) is 0 Å². The molecule has 1 aromatic carbocycles. The first-order valence-corrected chi connectivity index (χ1v) is 16.1. The third-order valence-corrected chi connectivity index (χ3v) is 9.84. The van der Waals surface area contributed by atoms with E-state index in [2.05, 4.69) is 76.1 Å². The minimum Gasteiger partial charge on any atom is -0.418 e. The second-order valence-corrected chi connectivity index (χ2v) is 18.4. The Morgan fingerprint density at radius 3 is 2.48 bits per heavy atom. The van der Waals surface area contributed by atoms with Gasteiger partial charge in [0.2, 0.25) is 0 Å². The molecule has 0 saturated carbocycles. The van der Waals surface area contributed by atoms with E-state index in [1.54, 1.807) is 21.9 Å². The molecule has 1 nitrogen and oxygen atoms in total. The summed E-state index contributed by atoms with van der Waals surface area (Å²) in [6.07, 6.45) is 7.02. The Morgan fingerprint density at radius 2 is 1.76 bits per heavy atom. The van der Waals surface area contributed by atoms with Crippen LogP contribution in [0.15, 0.2) is 52.8 Å². The summed E-state index contributed by atoms with van der Waals surface area (Å²) in [4.78, 5) is 0. The van der Waals surface area contributed by atoms with Crippen molar-refractivity contribution in [3.8, 4) is 0 Å². The summed E-state index contributed by atoms with van der Waals surface area (Å²) in [7, 11) is -2.91. The van der Waals surface area contributed by atoms with Gasteiger partial charge >= 0.3 is 0 Å². The molecule has 0 unspecified atom stereocenters. The van der Waals surface area contributed by atoms with Crippen LogP contribution in [0.3, 0.4) is 0 Å². The van der Waals surface area contributed by atoms with Gasteiger partial charge in [0.1, 0.15) is 0 Å². The molecule has 134 valence electrons. The standard InChI is InChI=1S/C22H32OSi2/c1-17-16-18-10-7-8-11-19(18)22(17)20-12-9-13-21(20)25(5,6)15-14-23-24(2,3)4/h7-11,13H,12,14-16H2,1-6H3. The van der Waals surface area contributed by atoms with Gasteiger partial charge in [-0.05, 0) is 67.7 Å². The Labute approximate surface area is 155 Å². The molecule has 0 aromatic heterocycles. The molecule has 3 heteroatoms. The van der Waals surface area contributed by atoms with E-state index < -0.39 is 16.4 Å². The topological polar surface area (TPSA) is 9.23 Å². The van der Waals surface area contributed by atoms with Crippen molar-refractivity contribution in [1.29, 1.82) is 0 Å². The van der Waals surface area contributed by atoms with Crippen molar-refractivity contribution in [2.45, 2.75) is 58.5 Å². The second-order valence-electron chi connectivity index (χ2n) is 9.08. The number of hydrogen-bond donors (Lipinski definition) is 0. The van der Waals surface area contributed by atoms with Gasteiger partial charge < -0.3 is 4.43 Å². The molecule has 0 radical (unpaired) electrons. The van der Waals surface area contributed by atoms with Crippen molar-refractivity contribution in [2.24, 2.45) is 0 Å². The van der Waals surface area contributed by atoms with Gasteiger partial charge in [-0.3, -0.25) is 0 Å². The van der Waals surface area contributed by atoms with Gasteiger partial charge in [0.25, 0.3) is 0 Å². The zero-order chi connectivity index (χ0) is 18.2. The van der Waals surface area contributed by atoms with E-state index in [1.807, 2.05) is 0 Å². The molecule has 0 fully saturated rings. The molecule has 2 aliphatic carbocycles. The largest absolute Gasteiger partial charge is 0.418 e. The number of benzene rings is 1. The monoisotopic (exact) mass is 368 g/mol. The molecule has 2 aliphatic rings. The Bertz CT molecular complexity index is 760. The van der Waals surface area contributed by atoms with Gasteiger partial charge in [-0.15, -0.1) is 0 Å². The zero-order valence-electron chi connectivity index (χ0n) is 16.7. The van der Waals surface area contributed by atoms with Crippen molar-refractivity contribution in [3.05, 3.63) is 63.9 Å². The van der Waals surface area contributed by atoms with Gasteiger partial charge in [-0.1, -0.05) is 60.3 Å². The van der Waals surface area contributed by atoms with Gasteiger partial charge in [0.15, 0.2) is 8.32 Å². The van der Waals surface area contributed by atoms with E-state index in [-0.39, 0.29) is 0 Å². The van der Waals surface area contributed by atoms with E-state index in [0.29, 0.717) is 0 Å². The highest BCUT2D eigenvalue weighted by atomic mass is 28.4. The summed E-state index contributed by atoms with van der Waals surface area (Å²) < 4.78 is 6.18. The molecule has 0 aliphatic heterocycles. The Balaban J connectivity index is 1.89.